The van der Waals surface area contributed by atoms with E-state index < -0.39 is 5.82 Å². The van der Waals surface area contributed by atoms with Gasteiger partial charge in [-0.3, -0.25) is 0 Å². The zero-order valence-electron chi connectivity index (χ0n) is 8.27. The summed E-state index contributed by atoms with van der Waals surface area (Å²) in [5.74, 6) is -0.463. The molecule has 0 saturated heterocycles. The van der Waals surface area contributed by atoms with Gasteiger partial charge in [0.2, 0.25) is 0 Å². The highest BCUT2D eigenvalue weighted by molar-refractivity contribution is 6.30. The maximum Gasteiger partial charge on any atom is 0.147 e. The zero-order chi connectivity index (χ0) is 11.5. The third kappa shape index (κ3) is 1.81. The van der Waals surface area contributed by atoms with Crippen LogP contribution in [-0.2, 0) is 6.42 Å². The van der Waals surface area contributed by atoms with Crippen LogP contribution in [0, 0.1) is 5.82 Å². The van der Waals surface area contributed by atoms with Gasteiger partial charge in [-0.1, -0.05) is 17.7 Å². The van der Waals surface area contributed by atoms with Gasteiger partial charge in [-0.25, -0.2) is 9.07 Å². The van der Waals surface area contributed by atoms with Crippen LogP contribution in [-0.4, -0.2) is 20.2 Å². The van der Waals surface area contributed by atoms with Gasteiger partial charge in [-0.15, -0.1) is 11.7 Å². The SMILES string of the molecule is C=CCc1c(-n2cnnn2)ccc(Cl)c1F. The second-order valence-corrected chi connectivity index (χ2v) is 3.51. The molecule has 0 bridgehead atoms. The maximum absolute atomic E-state index is 13.8. The fourth-order valence-corrected chi connectivity index (χ4v) is 1.58. The molecule has 1 aromatic carbocycles. The molecule has 16 heavy (non-hydrogen) atoms. The highest BCUT2D eigenvalue weighted by Gasteiger charge is 2.13. The number of aromatic nitrogens is 4. The summed E-state index contributed by atoms with van der Waals surface area (Å²) in [6, 6.07) is 3.14. The Kier molecular flexibility index (Phi) is 2.96. The van der Waals surface area contributed by atoms with Crippen LogP contribution in [0.25, 0.3) is 5.69 Å². The van der Waals surface area contributed by atoms with Crippen molar-refractivity contribution in [1.29, 1.82) is 0 Å². The van der Waals surface area contributed by atoms with Gasteiger partial charge in [0.25, 0.3) is 0 Å². The van der Waals surface area contributed by atoms with Crippen LogP contribution in [0.15, 0.2) is 31.1 Å². The molecule has 0 unspecified atom stereocenters. The van der Waals surface area contributed by atoms with Gasteiger partial charge < -0.3 is 0 Å². The molecule has 0 atom stereocenters. The van der Waals surface area contributed by atoms with Crippen molar-refractivity contribution in [3.63, 3.8) is 0 Å². The van der Waals surface area contributed by atoms with Gasteiger partial charge >= 0.3 is 0 Å². The lowest BCUT2D eigenvalue weighted by molar-refractivity contribution is 0.611. The van der Waals surface area contributed by atoms with Gasteiger partial charge in [0.15, 0.2) is 0 Å². The molecule has 0 fully saturated rings. The van der Waals surface area contributed by atoms with Crippen LogP contribution in [0.3, 0.4) is 0 Å². The summed E-state index contributed by atoms with van der Waals surface area (Å²) in [6.07, 6.45) is 3.36. The van der Waals surface area contributed by atoms with Crippen LogP contribution >= 0.6 is 11.6 Å². The Balaban J connectivity index is 2.61. The van der Waals surface area contributed by atoms with E-state index in [-0.39, 0.29) is 5.02 Å². The molecule has 0 aliphatic rings. The lowest BCUT2D eigenvalue weighted by Crippen LogP contribution is -2.03. The zero-order valence-corrected chi connectivity index (χ0v) is 9.02. The minimum atomic E-state index is -0.463. The van der Waals surface area contributed by atoms with E-state index in [1.54, 1.807) is 12.1 Å². The second-order valence-electron chi connectivity index (χ2n) is 3.11. The van der Waals surface area contributed by atoms with Crippen molar-refractivity contribution in [2.45, 2.75) is 6.42 Å². The molecule has 2 aromatic rings. The summed E-state index contributed by atoms with van der Waals surface area (Å²) in [4.78, 5) is 0. The largest absolute Gasteiger partial charge is 0.205 e. The van der Waals surface area contributed by atoms with Crippen LogP contribution in [0.2, 0.25) is 5.02 Å². The van der Waals surface area contributed by atoms with Crippen molar-refractivity contribution < 1.29 is 4.39 Å². The predicted octanol–water partition coefficient (Wildman–Crippen LogP) is 2.18. The van der Waals surface area contributed by atoms with Crippen molar-refractivity contribution in [3.05, 3.63) is 47.5 Å². The Hall–Kier alpha value is -1.75. The molecule has 6 heteroatoms. The van der Waals surface area contributed by atoms with E-state index >= 15 is 0 Å². The van der Waals surface area contributed by atoms with Crippen molar-refractivity contribution in [1.82, 2.24) is 20.2 Å². The lowest BCUT2D eigenvalue weighted by atomic mass is 10.1. The first kappa shape index (κ1) is 10.8. The first-order valence-electron chi connectivity index (χ1n) is 4.55. The molecular weight excluding hydrogens is 231 g/mol. The number of nitrogens with zero attached hydrogens (tertiary/aromatic N) is 4. The molecular formula is C10H8ClFN4. The Morgan fingerprint density at radius 1 is 1.50 bits per heavy atom. The second kappa shape index (κ2) is 4.40. The minimum Gasteiger partial charge on any atom is -0.205 e. The highest BCUT2D eigenvalue weighted by atomic mass is 35.5. The number of benzene rings is 1. The summed E-state index contributed by atoms with van der Waals surface area (Å²) >= 11 is 5.71. The maximum atomic E-state index is 13.8. The Labute approximate surface area is 96.3 Å². The predicted molar refractivity (Wildman–Crippen MR) is 58.0 cm³/mol. The molecule has 0 aliphatic heterocycles. The molecule has 0 aliphatic carbocycles. The molecule has 2 rings (SSSR count). The first-order valence-corrected chi connectivity index (χ1v) is 4.93. The van der Waals surface area contributed by atoms with E-state index in [1.807, 2.05) is 0 Å². The Morgan fingerprint density at radius 2 is 2.31 bits per heavy atom. The van der Waals surface area contributed by atoms with Gasteiger partial charge in [0.1, 0.15) is 12.1 Å². The van der Waals surface area contributed by atoms with Gasteiger partial charge in [-0.2, -0.15) is 0 Å². The van der Waals surface area contributed by atoms with Crippen LogP contribution in [0.5, 0.6) is 0 Å². The van der Waals surface area contributed by atoms with E-state index in [2.05, 4.69) is 22.1 Å². The Bertz CT molecular complexity index is 510. The van der Waals surface area contributed by atoms with Crippen molar-refractivity contribution in [3.8, 4) is 5.69 Å². The molecule has 0 spiro atoms. The number of tetrazole rings is 1. The van der Waals surface area contributed by atoms with E-state index in [4.69, 9.17) is 11.6 Å². The summed E-state index contributed by atoms with van der Waals surface area (Å²) in [5, 5.41) is 10.8. The van der Waals surface area contributed by atoms with Gasteiger partial charge in [0.05, 0.1) is 10.7 Å². The lowest BCUT2D eigenvalue weighted by Gasteiger charge is -2.08. The fourth-order valence-electron chi connectivity index (χ4n) is 1.41. The summed E-state index contributed by atoms with van der Waals surface area (Å²) in [6.45, 7) is 3.58. The minimum absolute atomic E-state index is 0.0775. The number of rotatable bonds is 3. The molecule has 0 radical (unpaired) electrons. The van der Waals surface area contributed by atoms with Crippen LogP contribution in [0.4, 0.5) is 4.39 Å². The van der Waals surface area contributed by atoms with Crippen molar-refractivity contribution >= 4 is 11.6 Å². The average Bonchev–Trinajstić information content (AvgIpc) is 2.79. The topological polar surface area (TPSA) is 43.6 Å². The summed E-state index contributed by atoms with van der Waals surface area (Å²) in [7, 11) is 0. The Morgan fingerprint density at radius 3 is 2.94 bits per heavy atom. The third-order valence-electron chi connectivity index (χ3n) is 2.12. The molecule has 1 heterocycles. The van der Waals surface area contributed by atoms with Crippen molar-refractivity contribution in [2.75, 3.05) is 0 Å². The highest BCUT2D eigenvalue weighted by Crippen LogP contribution is 2.24. The fraction of sp³-hybridized carbons (Fsp3) is 0.100. The molecule has 1 aromatic heterocycles. The van der Waals surface area contributed by atoms with E-state index in [9.17, 15) is 4.39 Å². The van der Waals surface area contributed by atoms with Gasteiger partial charge in [-0.05, 0) is 29.0 Å². The third-order valence-corrected chi connectivity index (χ3v) is 2.41. The monoisotopic (exact) mass is 238 g/mol. The molecule has 4 nitrogen and oxygen atoms in total. The molecule has 82 valence electrons. The van der Waals surface area contributed by atoms with Crippen LogP contribution in [0.1, 0.15) is 5.56 Å². The standard InChI is InChI=1S/C10H8ClFN4/c1-2-3-7-9(16-6-13-14-15-16)5-4-8(11)10(7)12/h2,4-6H,1,3H2. The van der Waals surface area contributed by atoms with Crippen LogP contribution < -0.4 is 0 Å². The number of halogens is 2. The molecule has 0 N–H and O–H groups in total. The van der Waals surface area contributed by atoms with E-state index in [0.717, 1.165) is 0 Å². The quantitative estimate of drug-likeness (QED) is 0.770. The average molecular weight is 239 g/mol. The van der Waals surface area contributed by atoms with E-state index in [1.165, 1.54) is 17.1 Å². The van der Waals surface area contributed by atoms with Gasteiger partial charge in [0, 0.05) is 5.56 Å². The number of allylic oxidation sites excluding steroid dienone is 1. The summed E-state index contributed by atoms with van der Waals surface area (Å²) in [5.41, 5.74) is 0.988. The number of hydrogen-bond acceptors (Lipinski definition) is 3. The van der Waals surface area contributed by atoms with E-state index in [0.29, 0.717) is 17.7 Å². The normalized spacial score (nSPS) is 10.4. The summed E-state index contributed by atoms with van der Waals surface area (Å²) < 4.78 is 15.2. The molecule has 0 amide bonds. The molecule has 0 saturated carbocycles. The van der Waals surface area contributed by atoms with Crippen molar-refractivity contribution in [2.24, 2.45) is 0 Å². The first-order chi connectivity index (χ1) is 7.74. The number of hydrogen-bond donors (Lipinski definition) is 0. The smallest absolute Gasteiger partial charge is 0.147 e.